The maximum atomic E-state index is 11.6. The quantitative estimate of drug-likeness (QED) is 0.424. The Hall–Kier alpha value is -1.36. The smallest absolute Gasteiger partial charge is 0.220 e. The van der Waals surface area contributed by atoms with Crippen LogP contribution in [0.15, 0.2) is 11.6 Å². The van der Waals surface area contributed by atoms with Crippen LogP contribution in [0.2, 0.25) is 0 Å². The normalized spacial score (nSPS) is 12.2. The van der Waals surface area contributed by atoms with Crippen molar-refractivity contribution in [3.05, 3.63) is 11.6 Å². The lowest BCUT2D eigenvalue weighted by atomic mass is 9.79. The van der Waals surface area contributed by atoms with Gasteiger partial charge < -0.3 is 16.8 Å². The lowest BCUT2D eigenvalue weighted by Crippen LogP contribution is -2.28. The molecule has 0 spiro atoms. The van der Waals surface area contributed by atoms with Crippen LogP contribution in [0.5, 0.6) is 0 Å². The minimum Gasteiger partial charge on any atom is -0.370 e. The third kappa shape index (κ3) is 11.2. The molecule has 0 unspecified atom stereocenters. The van der Waals surface area contributed by atoms with Crippen LogP contribution in [0, 0.1) is 5.41 Å². The summed E-state index contributed by atoms with van der Waals surface area (Å²) >= 11 is 0. The van der Waals surface area contributed by atoms with Gasteiger partial charge in [-0.1, -0.05) is 45.3 Å². The van der Waals surface area contributed by atoms with Gasteiger partial charge in [0.05, 0.1) is 0 Å². The third-order valence-corrected chi connectivity index (χ3v) is 4.95. The Morgan fingerprint density at radius 2 is 1.75 bits per heavy atom. The van der Waals surface area contributed by atoms with E-state index in [1.165, 1.54) is 24.8 Å². The highest BCUT2D eigenvalue weighted by atomic mass is 16.1. The van der Waals surface area contributed by atoms with Crippen LogP contribution in [0.1, 0.15) is 78.6 Å². The predicted octanol–water partition coefficient (Wildman–Crippen LogP) is 3.03. The van der Waals surface area contributed by atoms with E-state index in [1.807, 2.05) is 0 Å². The van der Waals surface area contributed by atoms with E-state index in [-0.39, 0.29) is 11.8 Å². The molecular weight excluding hydrogens is 302 g/mol. The van der Waals surface area contributed by atoms with Crippen LogP contribution < -0.4 is 16.8 Å². The van der Waals surface area contributed by atoms with Gasteiger partial charge in [0.15, 0.2) is 0 Å². The number of primary amides is 1. The maximum Gasteiger partial charge on any atom is 0.220 e. The Morgan fingerprint density at radius 3 is 2.29 bits per heavy atom. The number of nitrogens with one attached hydrogen (secondary N) is 1. The summed E-state index contributed by atoms with van der Waals surface area (Å²) in [4.78, 5) is 22.7. The highest BCUT2D eigenvalue weighted by Gasteiger charge is 2.18. The van der Waals surface area contributed by atoms with Gasteiger partial charge in [0.2, 0.25) is 11.8 Å². The van der Waals surface area contributed by atoms with Crippen molar-refractivity contribution in [3.63, 3.8) is 0 Å². The van der Waals surface area contributed by atoms with Crippen molar-refractivity contribution in [1.29, 1.82) is 0 Å². The van der Waals surface area contributed by atoms with E-state index in [2.05, 4.69) is 32.2 Å². The maximum absolute atomic E-state index is 11.6. The molecule has 0 aliphatic carbocycles. The second kappa shape index (κ2) is 13.0. The fraction of sp³-hybridized carbons (Fsp3) is 0.789. The van der Waals surface area contributed by atoms with E-state index >= 15 is 0 Å². The molecule has 0 aliphatic heterocycles. The second-order valence-electron chi connectivity index (χ2n) is 6.88. The molecule has 0 aromatic carbocycles. The standard InChI is InChI=1S/C19H37N3O2/c1-4-19(3,5-2)13-7-9-16(11-12-17(21)23)8-6-10-18(24)22-15-14-20/h8H,4-7,9-15,20H2,1-3H3,(H2,21,23)(H,22,24). The molecule has 140 valence electrons. The van der Waals surface area contributed by atoms with Gasteiger partial charge in [-0.15, -0.1) is 0 Å². The summed E-state index contributed by atoms with van der Waals surface area (Å²) in [6, 6.07) is 0. The van der Waals surface area contributed by atoms with Gasteiger partial charge in [0.25, 0.3) is 0 Å². The van der Waals surface area contributed by atoms with Gasteiger partial charge in [-0.25, -0.2) is 0 Å². The van der Waals surface area contributed by atoms with E-state index in [0.717, 1.165) is 12.8 Å². The number of amides is 2. The number of carbonyl (C=O) groups excluding carboxylic acids is 2. The summed E-state index contributed by atoms with van der Waals surface area (Å²) in [5.41, 5.74) is 12.3. The van der Waals surface area contributed by atoms with E-state index in [9.17, 15) is 9.59 Å². The Labute approximate surface area is 147 Å². The molecule has 0 bridgehead atoms. The van der Waals surface area contributed by atoms with Gasteiger partial charge in [0, 0.05) is 25.9 Å². The van der Waals surface area contributed by atoms with Crippen molar-refractivity contribution >= 4 is 11.8 Å². The molecule has 0 fully saturated rings. The van der Waals surface area contributed by atoms with Crippen LogP contribution in [-0.2, 0) is 9.59 Å². The Bertz CT molecular complexity index is 401. The van der Waals surface area contributed by atoms with Crippen molar-refractivity contribution < 1.29 is 9.59 Å². The molecule has 0 saturated carbocycles. The van der Waals surface area contributed by atoms with Crippen LogP contribution in [0.3, 0.4) is 0 Å². The fourth-order valence-corrected chi connectivity index (χ4v) is 2.67. The van der Waals surface area contributed by atoms with E-state index in [0.29, 0.717) is 44.2 Å². The monoisotopic (exact) mass is 339 g/mol. The zero-order valence-corrected chi connectivity index (χ0v) is 15.8. The first-order valence-electron chi connectivity index (χ1n) is 9.29. The molecule has 2 amide bonds. The van der Waals surface area contributed by atoms with Gasteiger partial charge in [0.1, 0.15) is 0 Å². The van der Waals surface area contributed by atoms with Gasteiger partial charge in [-0.2, -0.15) is 0 Å². The van der Waals surface area contributed by atoms with Crippen LogP contribution in [-0.4, -0.2) is 24.9 Å². The highest BCUT2D eigenvalue weighted by Crippen LogP contribution is 2.32. The van der Waals surface area contributed by atoms with Crippen LogP contribution in [0.25, 0.3) is 0 Å². The summed E-state index contributed by atoms with van der Waals surface area (Å²) in [5.74, 6) is -0.246. The Morgan fingerprint density at radius 1 is 1.08 bits per heavy atom. The molecule has 5 nitrogen and oxygen atoms in total. The molecule has 24 heavy (non-hydrogen) atoms. The first kappa shape index (κ1) is 22.6. The number of nitrogens with two attached hydrogens (primary N) is 2. The third-order valence-electron chi connectivity index (χ3n) is 4.95. The molecular formula is C19H37N3O2. The summed E-state index contributed by atoms with van der Waals surface area (Å²) in [7, 11) is 0. The number of allylic oxidation sites excluding steroid dienone is 2. The molecule has 5 N–H and O–H groups in total. The number of hydrogen-bond donors (Lipinski definition) is 3. The number of carbonyl (C=O) groups is 2. The minimum absolute atomic E-state index is 0.0236. The highest BCUT2D eigenvalue weighted by molar-refractivity contribution is 5.76. The number of hydrogen-bond acceptors (Lipinski definition) is 3. The molecule has 0 atom stereocenters. The predicted molar refractivity (Wildman–Crippen MR) is 100 cm³/mol. The summed E-state index contributed by atoms with van der Waals surface area (Å²) < 4.78 is 0. The first-order valence-corrected chi connectivity index (χ1v) is 9.29. The lowest BCUT2D eigenvalue weighted by molar-refractivity contribution is -0.121. The topological polar surface area (TPSA) is 98.2 Å². The zero-order chi connectivity index (χ0) is 18.4. The molecule has 0 radical (unpaired) electrons. The van der Waals surface area contributed by atoms with E-state index in [4.69, 9.17) is 11.5 Å². The molecule has 0 heterocycles. The summed E-state index contributed by atoms with van der Waals surface area (Å²) in [5, 5.41) is 2.77. The van der Waals surface area contributed by atoms with Crippen molar-refractivity contribution in [2.75, 3.05) is 13.1 Å². The average molecular weight is 340 g/mol. The summed E-state index contributed by atoms with van der Waals surface area (Å²) in [6.07, 6.45) is 10.0. The van der Waals surface area contributed by atoms with E-state index < -0.39 is 0 Å². The molecule has 0 aliphatic rings. The van der Waals surface area contributed by atoms with Crippen LogP contribution in [0.4, 0.5) is 0 Å². The number of rotatable bonds is 14. The Kier molecular flexibility index (Phi) is 12.3. The zero-order valence-electron chi connectivity index (χ0n) is 15.8. The lowest BCUT2D eigenvalue weighted by Gasteiger charge is -2.26. The largest absolute Gasteiger partial charge is 0.370 e. The van der Waals surface area contributed by atoms with Crippen molar-refractivity contribution in [1.82, 2.24) is 5.32 Å². The second-order valence-corrected chi connectivity index (χ2v) is 6.88. The van der Waals surface area contributed by atoms with Crippen LogP contribution >= 0.6 is 0 Å². The first-order chi connectivity index (χ1) is 11.4. The van der Waals surface area contributed by atoms with Gasteiger partial charge >= 0.3 is 0 Å². The molecule has 0 rings (SSSR count). The summed E-state index contributed by atoms with van der Waals surface area (Å²) in [6.45, 7) is 7.80. The molecule has 0 aromatic heterocycles. The van der Waals surface area contributed by atoms with Gasteiger partial charge in [-0.05, 0) is 37.5 Å². The fourth-order valence-electron chi connectivity index (χ4n) is 2.67. The minimum atomic E-state index is -0.270. The molecule has 5 heteroatoms. The SMILES string of the molecule is CCC(C)(CC)CCCC(=CCCC(=O)NCCN)CCC(N)=O. The van der Waals surface area contributed by atoms with Gasteiger partial charge in [-0.3, -0.25) is 9.59 Å². The van der Waals surface area contributed by atoms with E-state index in [1.54, 1.807) is 0 Å². The van der Waals surface area contributed by atoms with Crippen molar-refractivity contribution in [3.8, 4) is 0 Å². The molecule has 0 aromatic rings. The van der Waals surface area contributed by atoms with Crippen molar-refractivity contribution in [2.45, 2.75) is 78.6 Å². The average Bonchev–Trinajstić information content (AvgIpc) is 2.56. The van der Waals surface area contributed by atoms with Crippen molar-refractivity contribution in [2.24, 2.45) is 16.9 Å². The molecule has 0 saturated heterocycles. The Balaban J connectivity index is 4.42.